The smallest absolute Gasteiger partial charge is 0.237 e. The Hall–Kier alpha value is -1.70. The molecule has 0 aromatic heterocycles. The van der Waals surface area contributed by atoms with Gasteiger partial charge in [0, 0.05) is 39.8 Å². The molecule has 1 fully saturated rings. The second kappa shape index (κ2) is 8.41. The number of hydrogen-bond donors (Lipinski definition) is 0. The van der Waals surface area contributed by atoms with Gasteiger partial charge in [0.1, 0.15) is 0 Å². The van der Waals surface area contributed by atoms with Crippen molar-refractivity contribution in [1.29, 1.82) is 0 Å². The summed E-state index contributed by atoms with van der Waals surface area (Å²) < 4.78 is 23.8. The predicted octanol–water partition coefficient (Wildman–Crippen LogP) is 0.735. The number of hydrogen-bond acceptors (Lipinski definition) is 4. The van der Waals surface area contributed by atoms with E-state index in [4.69, 9.17) is 0 Å². The third kappa shape index (κ3) is 5.74. The molecule has 2 rings (SSSR count). The minimum absolute atomic E-state index is 0.0905. The molecule has 1 saturated heterocycles. The first-order chi connectivity index (χ1) is 11.4. The zero-order valence-electron chi connectivity index (χ0n) is 14.3. The van der Waals surface area contributed by atoms with E-state index in [1.165, 1.54) is 12.6 Å². The molecule has 0 bridgehead atoms. The Bertz CT molecular complexity index is 666. The Morgan fingerprint density at radius 1 is 1.17 bits per heavy atom. The van der Waals surface area contributed by atoms with Gasteiger partial charge in [0.05, 0.1) is 12.8 Å². The summed E-state index contributed by atoms with van der Waals surface area (Å²) in [6, 6.07) is 10.1. The van der Waals surface area contributed by atoms with E-state index in [0.717, 1.165) is 30.2 Å². The zero-order chi connectivity index (χ0) is 17.6. The summed E-state index contributed by atoms with van der Waals surface area (Å²) in [5.74, 6) is -0.137. The van der Waals surface area contributed by atoms with Gasteiger partial charge in [-0.25, -0.2) is 8.42 Å². The van der Waals surface area contributed by atoms with E-state index >= 15 is 0 Å². The first-order valence-electron chi connectivity index (χ1n) is 7.99. The molecule has 1 aliphatic rings. The summed E-state index contributed by atoms with van der Waals surface area (Å²) in [6.45, 7) is 3.62. The summed E-state index contributed by atoms with van der Waals surface area (Å²) >= 11 is 0. The third-order valence-electron chi connectivity index (χ3n) is 4.12. The highest BCUT2D eigenvalue weighted by Crippen LogP contribution is 2.06. The van der Waals surface area contributed by atoms with Gasteiger partial charge in [-0.1, -0.05) is 42.5 Å². The predicted molar refractivity (Wildman–Crippen MR) is 96.0 cm³/mol. The minimum Gasteiger partial charge on any atom is -0.339 e. The molecule has 0 radical (unpaired) electrons. The minimum atomic E-state index is -3.32. The van der Waals surface area contributed by atoms with E-state index in [2.05, 4.69) is 29.2 Å². The number of amides is 1. The topological polar surface area (TPSA) is 60.9 Å². The van der Waals surface area contributed by atoms with Crippen LogP contribution in [0.1, 0.15) is 5.56 Å². The lowest BCUT2D eigenvalue weighted by Gasteiger charge is -2.34. The van der Waals surface area contributed by atoms with Crippen molar-refractivity contribution in [2.45, 2.75) is 0 Å². The van der Waals surface area contributed by atoms with Crippen LogP contribution in [0.2, 0.25) is 0 Å². The normalized spacial score (nSPS) is 16.9. The van der Waals surface area contributed by atoms with E-state index in [-0.39, 0.29) is 12.5 Å². The van der Waals surface area contributed by atoms with E-state index in [1.807, 2.05) is 18.2 Å². The van der Waals surface area contributed by atoms with Crippen molar-refractivity contribution in [3.8, 4) is 0 Å². The monoisotopic (exact) mass is 351 g/mol. The lowest BCUT2D eigenvalue weighted by Crippen LogP contribution is -2.51. The number of benzene rings is 1. The molecular weight excluding hydrogens is 326 g/mol. The summed E-state index contributed by atoms with van der Waals surface area (Å²) in [6.07, 6.45) is 5.33. The average molecular weight is 351 g/mol. The Morgan fingerprint density at radius 3 is 2.38 bits per heavy atom. The number of nitrogens with zero attached hydrogens (tertiary/aromatic N) is 3. The summed E-state index contributed by atoms with van der Waals surface area (Å²) in [7, 11) is -1.89. The highest BCUT2D eigenvalue weighted by atomic mass is 32.2. The van der Waals surface area contributed by atoms with Crippen LogP contribution in [0.4, 0.5) is 0 Å². The molecule has 0 spiro atoms. The maximum atomic E-state index is 12.1. The lowest BCUT2D eigenvalue weighted by molar-refractivity contribution is -0.132. The number of likely N-dealkylation sites (N-methyl/N-ethyl adjacent to an activating group) is 1. The second-order valence-corrected chi connectivity index (χ2v) is 8.10. The molecule has 0 N–H and O–H groups in total. The van der Waals surface area contributed by atoms with Gasteiger partial charge in [0.15, 0.2) is 0 Å². The summed E-state index contributed by atoms with van der Waals surface area (Å²) in [5.41, 5.74) is 1.18. The highest BCUT2D eigenvalue weighted by Gasteiger charge is 2.23. The van der Waals surface area contributed by atoms with Gasteiger partial charge in [-0.3, -0.25) is 9.69 Å². The Kier molecular flexibility index (Phi) is 6.53. The molecule has 6 nitrogen and oxygen atoms in total. The van der Waals surface area contributed by atoms with Crippen LogP contribution in [0.15, 0.2) is 36.4 Å². The molecule has 7 heteroatoms. The van der Waals surface area contributed by atoms with Crippen molar-refractivity contribution in [2.75, 3.05) is 52.6 Å². The van der Waals surface area contributed by atoms with Crippen molar-refractivity contribution in [1.82, 2.24) is 14.1 Å². The Labute approximate surface area is 144 Å². The van der Waals surface area contributed by atoms with Gasteiger partial charge in [-0.15, -0.1) is 0 Å². The molecule has 132 valence electrons. The van der Waals surface area contributed by atoms with Gasteiger partial charge in [-0.2, -0.15) is 4.31 Å². The largest absolute Gasteiger partial charge is 0.339 e. The van der Waals surface area contributed by atoms with Crippen LogP contribution in [-0.4, -0.2) is 81.0 Å². The molecular formula is C17H25N3O3S. The van der Waals surface area contributed by atoms with Crippen molar-refractivity contribution in [2.24, 2.45) is 0 Å². The zero-order valence-corrected chi connectivity index (χ0v) is 15.1. The van der Waals surface area contributed by atoms with E-state index < -0.39 is 10.0 Å². The molecule has 1 amide bonds. The molecule has 24 heavy (non-hydrogen) atoms. The van der Waals surface area contributed by atoms with Gasteiger partial charge in [0.2, 0.25) is 15.9 Å². The molecule has 0 saturated carbocycles. The fourth-order valence-corrected chi connectivity index (χ4v) is 2.83. The van der Waals surface area contributed by atoms with Gasteiger partial charge in [-0.05, 0) is 5.56 Å². The molecule has 1 aromatic rings. The van der Waals surface area contributed by atoms with E-state index in [1.54, 1.807) is 4.90 Å². The third-order valence-corrected chi connectivity index (χ3v) is 5.38. The van der Waals surface area contributed by atoms with Crippen molar-refractivity contribution >= 4 is 22.0 Å². The molecule has 0 atom stereocenters. The standard InChI is InChI=1S/C17H25N3O3S/c1-18(24(2,22)23)15-17(21)20-13-11-19(12-14-20)10-6-9-16-7-4-3-5-8-16/h3-9H,10-15H2,1-2H3. The van der Waals surface area contributed by atoms with Crippen molar-refractivity contribution in [3.05, 3.63) is 42.0 Å². The van der Waals surface area contributed by atoms with E-state index in [9.17, 15) is 13.2 Å². The maximum Gasteiger partial charge on any atom is 0.237 e. The molecule has 0 unspecified atom stereocenters. The molecule has 1 heterocycles. The Morgan fingerprint density at radius 2 is 1.79 bits per heavy atom. The average Bonchev–Trinajstić information content (AvgIpc) is 2.55. The lowest BCUT2D eigenvalue weighted by atomic mass is 10.2. The first-order valence-corrected chi connectivity index (χ1v) is 9.84. The second-order valence-electron chi connectivity index (χ2n) is 6.01. The van der Waals surface area contributed by atoms with Crippen LogP contribution in [-0.2, 0) is 14.8 Å². The summed E-state index contributed by atoms with van der Waals surface area (Å²) in [5, 5.41) is 0. The van der Waals surface area contributed by atoms with Crippen LogP contribution >= 0.6 is 0 Å². The van der Waals surface area contributed by atoms with Crippen molar-refractivity contribution in [3.63, 3.8) is 0 Å². The van der Waals surface area contributed by atoms with Crippen molar-refractivity contribution < 1.29 is 13.2 Å². The summed E-state index contributed by atoms with van der Waals surface area (Å²) in [4.78, 5) is 16.2. The fourth-order valence-electron chi connectivity index (χ4n) is 2.49. The number of piperazine rings is 1. The fraction of sp³-hybridized carbons (Fsp3) is 0.471. The molecule has 0 aliphatic carbocycles. The van der Waals surface area contributed by atoms with Gasteiger partial charge >= 0.3 is 0 Å². The number of sulfonamides is 1. The highest BCUT2D eigenvalue weighted by molar-refractivity contribution is 7.88. The van der Waals surface area contributed by atoms with Crippen LogP contribution in [0.5, 0.6) is 0 Å². The van der Waals surface area contributed by atoms with Crippen LogP contribution in [0, 0.1) is 0 Å². The number of carbonyl (C=O) groups is 1. The van der Waals surface area contributed by atoms with Crippen LogP contribution in [0.25, 0.3) is 6.08 Å². The number of carbonyl (C=O) groups excluding carboxylic acids is 1. The van der Waals surface area contributed by atoms with E-state index in [0.29, 0.717) is 13.1 Å². The number of rotatable bonds is 6. The van der Waals surface area contributed by atoms with Crippen LogP contribution in [0.3, 0.4) is 0 Å². The van der Waals surface area contributed by atoms with Crippen LogP contribution < -0.4 is 0 Å². The quantitative estimate of drug-likeness (QED) is 0.758. The van der Waals surface area contributed by atoms with Gasteiger partial charge in [0.25, 0.3) is 0 Å². The SMILES string of the molecule is CN(CC(=O)N1CCN(CC=Cc2ccccc2)CC1)S(C)(=O)=O. The molecule has 1 aliphatic heterocycles. The van der Waals surface area contributed by atoms with Gasteiger partial charge < -0.3 is 4.90 Å². The maximum absolute atomic E-state index is 12.1. The molecule has 1 aromatic carbocycles. The Balaban J connectivity index is 1.75. The first kappa shape index (κ1) is 18.6.